The lowest BCUT2D eigenvalue weighted by atomic mass is 10.1. The van der Waals surface area contributed by atoms with E-state index < -0.39 is 16.7 Å². The fourth-order valence-electron chi connectivity index (χ4n) is 3.06. The van der Waals surface area contributed by atoms with Crippen molar-refractivity contribution in [3.8, 4) is 5.75 Å². The summed E-state index contributed by atoms with van der Waals surface area (Å²) in [6.07, 6.45) is 1.36. The second-order valence-electron chi connectivity index (χ2n) is 7.12. The number of carbonyl (C=O) groups excluding carboxylic acids is 2. The predicted octanol–water partition coefficient (Wildman–Crippen LogP) is 5.74. The van der Waals surface area contributed by atoms with Crippen molar-refractivity contribution in [1.82, 2.24) is 5.32 Å². The first-order chi connectivity index (χ1) is 16.2. The summed E-state index contributed by atoms with van der Waals surface area (Å²) >= 11 is 9.31. The minimum absolute atomic E-state index is 0.123. The number of hydrogen-bond donors (Lipinski definition) is 2. The van der Waals surface area contributed by atoms with Gasteiger partial charge in [0.25, 0.3) is 17.5 Å². The van der Waals surface area contributed by atoms with E-state index in [9.17, 15) is 19.7 Å². The Kier molecular flexibility index (Phi) is 8.04. The van der Waals surface area contributed by atoms with Gasteiger partial charge in [-0.1, -0.05) is 39.7 Å². The highest BCUT2D eigenvalue weighted by molar-refractivity contribution is 9.10. The number of amides is 2. The number of carbonyl (C=O) groups is 2. The number of halogens is 2. The first-order valence-corrected chi connectivity index (χ1v) is 11.0. The molecule has 0 spiro atoms. The first kappa shape index (κ1) is 24.9. The van der Waals surface area contributed by atoms with Crippen molar-refractivity contribution >= 4 is 56.8 Å². The lowest BCUT2D eigenvalue weighted by molar-refractivity contribution is -0.384. The summed E-state index contributed by atoms with van der Waals surface area (Å²) in [6.45, 7) is 1.77. The minimum Gasteiger partial charge on any atom is -0.496 e. The van der Waals surface area contributed by atoms with Gasteiger partial charge >= 0.3 is 0 Å². The Hall–Kier alpha value is -3.69. The topological polar surface area (TPSA) is 111 Å². The molecule has 0 radical (unpaired) electrons. The van der Waals surface area contributed by atoms with Crippen LogP contribution < -0.4 is 15.4 Å². The summed E-state index contributed by atoms with van der Waals surface area (Å²) in [4.78, 5) is 36.8. The van der Waals surface area contributed by atoms with Crippen LogP contribution in [0.1, 0.15) is 21.5 Å². The van der Waals surface area contributed by atoms with Crippen LogP contribution >= 0.6 is 27.5 Å². The number of ether oxygens (including phenoxy) is 1. The maximum absolute atomic E-state index is 13.2. The molecule has 2 amide bonds. The van der Waals surface area contributed by atoms with Crippen LogP contribution in [0.5, 0.6) is 5.75 Å². The largest absolute Gasteiger partial charge is 0.496 e. The molecule has 0 heterocycles. The molecule has 2 N–H and O–H groups in total. The third kappa shape index (κ3) is 6.21. The lowest BCUT2D eigenvalue weighted by Crippen LogP contribution is -2.31. The number of nitrogens with zero attached hydrogens (tertiary/aromatic N) is 1. The van der Waals surface area contributed by atoms with Crippen LogP contribution in [-0.4, -0.2) is 23.8 Å². The molecule has 0 aromatic heterocycles. The molecule has 174 valence electrons. The molecular weight excluding hydrogens is 526 g/mol. The highest BCUT2D eigenvalue weighted by atomic mass is 79.9. The van der Waals surface area contributed by atoms with Crippen molar-refractivity contribution in [1.29, 1.82) is 0 Å². The zero-order chi connectivity index (χ0) is 24.8. The van der Waals surface area contributed by atoms with Gasteiger partial charge in [0.2, 0.25) is 0 Å². The molecule has 34 heavy (non-hydrogen) atoms. The summed E-state index contributed by atoms with van der Waals surface area (Å²) in [7, 11) is 1.43. The van der Waals surface area contributed by atoms with Crippen LogP contribution in [0.4, 0.5) is 11.4 Å². The quantitative estimate of drug-likeness (QED) is 0.224. The molecule has 0 aliphatic rings. The van der Waals surface area contributed by atoms with Gasteiger partial charge in [-0.2, -0.15) is 0 Å². The molecule has 3 aromatic rings. The average molecular weight is 545 g/mol. The number of rotatable bonds is 7. The molecule has 0 aliphatic carbocycles. The van der Waals surface area contributed by atoms with E-state index in [-0.39, 0.29) is 16.9 Å². The molecule has 0 saturated carbocycles. The van der Waals surface area contributed by atoms with E-state index in [1.807, 2.05) is 0 Å². The molecule has 0 bridgehead atoms. The van der Waals surface area contributed by atoms with Crippen LogP contribution in [-0.2, 0) is 4.79 Å². The second kappa shape index (κ2) is 11.0. The summed E-state index contributed by atoms with van der Waals surface area (Å²) < 4.78 is 5.90. The molecule has 0 unspecified atom stereocenters. The molecule has 0 fully saturated rings. The van der Waals surface area contributed by atoms with Gasteiger partial charge in [-0.3, -0.25) is 19.7 Å². The molecule has 3 aromatic carbocycles. The highest BCUT2D eigenvalue weighted by Crippen LogP contribution is 2.24. The standard InChI is InChI=1S/C24H19BrClN3O5/c1-14-10-17(26)7-8-20(14)27-24(31)21(12-15-4-3-5-18(11-15)29(32)33)28-23(30)19-13-16(25)6-9-22(19)34-2/h3-13H,1-2H3,(H,27,31)(H,28,30). The van der Waals surface area contributed by atoms with Gasteiger partial charge in [-0.25, -0.2) is 0 Å². The van der Waals surface area contributed by atoms with Crippen LogP contribution in [0.2, 0.25) is 5.02 Å². The van der Waals surface area contributed by atoms with Crippen molar-refractivity contribution in [3.05, 3.63) is 103 Å². The zero-order valence-corrected chi connectivity index (χ0v) is 20.4. The van der Waals surface area contributed by atoms with E-state index >= 15 is 0 Å². The van der Waals surface area contributed by atoms with E-state index in [2.05, 4.69) is 26.6 Å². The smallest absolute Gasteiger partial charge is 0.272 e. The normalized spacial score (nSPS) is 11.0. The minimum atomic E-state index is -0.626. The molecule has 8 nitrogen and oxygen atoms in total. The number of methoxy groups -OCH3 is 1. The fraction of sp³-hybridized carbons (Fsp3) is 0.0833. The van der Waals surface area contributed by atoms with Crippen molar-refractivity contribution in [2.45, 2.75) is 6.92 Å². The van der Waals surface area contributed by atoms with Gasteiger partial charge in [-0.05, 0) is 60.5 Å². The molecule has 0 aliphatic heterocycles. The number of nitrogens with one attached hydrogen (secondary N) is 2. The van der Waals surface area contributed by atoms with Crippen molar-refractivity contribution in [3.63, 3.8) is 0 Å². The van der Waals surface area contributed by atoms with E-state index in [4.69, 9.17) is 16.3 Å². The van der Waals surface area contributed by atoms with Crippen LogP contribution in [0.15, 0.2) is 70.8 Å². The Balaban J connectivity index is 2.00. The van der Waals surface area contributed by atoms with E-state index in [1.54, 1.807) is 49.4 Å². The Morgan fingerprint density at radius 2 is 1.88 bits per heavy atom. The summed E-state index contributed by atoms with van der Waals surface area (Å²) in [5, 5.41) is 17.0. The van der Waals surface area contributed by atoms with E-state index in [0.717, 1.165) is 5.56 Å². The van der Waals surface area contributed by atoms with Crippen LogP contribution in [0.3, 0.4) is 0 Å². The highest BCUT2D eigenvalue weighted by Gasteiger charge is 2.19. The van der Waals surface area contributed by atoms with Crippen molar-refractivity contribution in [2.24, 2.45) is 0 Å². The average Bonchev–Trinajstić information content (AvgIpc) is 2.80. The molecule has 10 heteroatoms. The van der Waals surface area contributed by atoms with E-state index in [1.165, 1.54) is 31.4 Å². The Morgan fingerprint density at radius 1 is 1.12 bits per heavy atom. The second-order valence-corrected chi connectivity index (χ2v) is 8.47. The molecule has 3 rings (SSSR count). The van der Waals surface area contributed by atoms with Crippen molar-refractivity contribution < 1.29 is 19.2 Å². The molecule has 0 saturated heterocycles. The maximum atomic E-state index is 13.2. The predicted molar refractivity (Wildman–Crippen MR) is 134 cm³/mol. The number of aryl methyl sites for hydroxylation is 1. The Bertz CT molecular complexity index is 1310. The van der Waals surface area contributed by atoms with Gasteiger partial charge in [-0.15, -0.1) is 0 Å². The number of nitro groups is 1. The Morgan fingerprint density at radius 3 is 2.56 bits per heavy atom. The first-order valence-electron chi connectivity index (χ1n) is 9.86. The summed E-state index contributed by atoms with van der Waals surface area (Å²) in [5.74, 6) is -0.915. The number of anilines is 1. The van der Waals surface area contributed by atoms with E-state index in [0.29, 0.717) is 26.5 Å². The maximum Gasteiger partial charge on any atom is 0.272 e. The van der Waals surface area contributed by atoms with Gasteiger partial charge < -0.3 is 15.4 Å². The van der Waals surface area contributed by atoms with Gasteiger partial charge in [0.15, 0.2) is 0 Å². The fourth-order valence-corrected chi connectivity index (χ4v) is 3.65. The third-order valence-corrected chi connectivity index (χ3v) is 5.46. The number of benzene rings is 3. The third-order valence-electron chi connectivity index (χ3n) is 4.73. The van der Waals surface area contributed by atoms with Crippen LogP contribution in [0, 0.1) is 17.0 Å². The molecular formula is C24H19BrClN3O5. The summed E-state index contributed by atoms with van der Waals surface area (Å²) in [5.41, 5.74) is 1.49. The summed E-state index contributed by atoms with van der Waals surface area (Å²) in [6, 6.07) is 15.5. The number of hydrogen-bond acceptors (Lipinski definition) is 5. The molecule has 0 atom stereocenters. The monoisotopic (exact) mass is 543 g/mol. The Labute approximate surface area is 208 Å². The lowest BCUT2D eigenvalue weighted by Gasteiger charge is -2.14. The van der Waals surface area contributed by atoms with Crippen molar-refractivity contribution in [2.75, 3.05) is 12.4 Å². The van der Waals surface area contributed by atoms with Crippen LogP contribution in [0.25, 0.3) is 6.08 Å². The van der Waals surface area contributed by atoms with Gasteiger partial charge in [0.1, 0.15) is 11.4 Å². The van der Waals surface area contributed by atoms with Gasteiger partial charge in [0.05, 0.1) is 17.6 Å². The SMILES string of the molecule is COc1ccc(Br)cc1C(=O)NC(=Cc1cccc([N+](=O)[O-])c1)C(=O)Nc1ccc(Cl)cc1C. The van der Waals surface area contributed by atoms with Gasteiger partial charge in [0, 0.05) is 27.3 Å². The number of nitro benzene ring substituents is 1. The zero-order valence-electron chi connectivity index (χ0n) is 18.1. The number of non-ortho nitro benzene ring substituents is 1.